The van der Waals surface area contributed by atoms with Gasteiger partial charge in [-0.2, -0.15) is 0 Å². The lowest BCUT2D eigenvalue weighted by Gasteiger charge is -2.42. The molecule has 0 bridgehead atoms. The monoisotopic (exact) mass is 306 g/mol. The first kappa shape index (κ1) is 16.7. The second kappa shape index (κ2) is 7.54. The number of anilines is 1. The van der Waals surface area contributed by atoms with E-state index in [0.717, 1.165) is 43.6 Å². The quantitative estimate of drug-likeness (QED) is 0.764. The van der Waals surface area contributed by atoms with Crippen molar-refractivity contribution in [3.8, 4) is 0 Å². The highest BCUT2D eigenvalue weighted by Gasteiger charge is 2.34. The molecule has 1 aliphatic rings. The Balaban J connectivity index is 1.90. The lowest BCUT2D eigenvalue weighted by Crippen LogP contribution is -2.51. The Bertz CT molecular complexity index is 493. The van der Waals surface area contributed by atoms with Crippen molar-refractivity contribution in [1.29, 1.82) is 0 Å². The molecular weight excluding hydrogens is 280 g/mol. The van der Waals surface area contributed by atoms with E-state index in [1.807, 2.05) is 11.8 Å². The fourth-order valence-corrected chi connectivity index (χ4v) is 2.84. The maximum Gasteiger partial charge on any atom is 0.317 e. The molecule has 1 aliphatic carbocycles. The molecule has 122 valence electrons. The van der Waals surface area contributed by atoms with Crippen LogP contribution in [0.3, 0.4) is 0 Å². The van der Waals surface area contributed by atoms with Gasteiger partial charge in [-0.05, 0) is 38.3 Å². The molecule has 0 amide bonds. The summed E-state index contributed by atoms with van der Waals surface area (Å²) in [4.78, 5) is 21.9. The zero-order valence-electron chi connectivity index (χ0n) is 13.7. The molecule has 6 nitrogen and oxygen atoms in total. The van der Waals surface area contributed by atoms with E-state index in [2.05, 4.69) is 35.2 Å². The molecule has 0 unspecified atom stereocenters. The highest BCUT2D eigenvalue weighted by Crippen LogP contribution is 2.27. The van der Waals surface area contributed by atoms with Gasteiger partial charge in [-0.1, -0.05) is 20.8 Å². The Morgan fingerprint density at radius 3 is 2.32 bits per heavy atom. The molecule has 0 radical (unpaired) electrons. The number of hydrogen-bond acceptors (Lipinski definition) is 5. The average molecular weight is 306 g/mol. The van der Waals surface area contributed by atoms with Crippen molar-refractivity contribution >= 4 is 11.9 Å². The van der Waals surface area contributed by atoms with Crippen LogP contribution >= 0.6 is 0 Å². The molecule has 0 aliphatic heterocycles. The average Bonchev–Trinajstić information content (AvgIpc) is 2.47. The predicted molar refractivity (Wildman–Crippen MR) is 86.1 cm³/mol. The zero-order chi connectivity index (χ0) is 16.1. The van der Waals surface area contributed by atoms with Crippen molar-refractivity contribution < 1.29 is 9.90 Å². The van der Waals surface area contributed by atoms with E-state index in [-0.39, 0.29) is 6.54 Å². The first-order valence-electron chi connectivity index (χ1n) is 8.14. The number of carbonyl (C=O) groups is 1. The van der Waals surface area contributed by atoms with E-state index < -0.39 is 5.97 Å². The number of aryl methyl sites for hydroxylation is 2. The lowest BCUT2D eigenvalue weighted by atomic mass is 9.85. The SMILES string of the molecule is CCc1cc(CC)nc(NC2CC(N(CC)CC(=O)O)C2)n1. The van der Waals surface area contributed by atoms with E-state index in [4.69, 9.17) is 5.11 Å². The van der Waals surface area contributed by atoms with Crippen molar-refractivity contribution in [3.05, 3.63) is 17.5 Å². The van der Waals surface area contributed by atoms with Gasteiger partial charge in [0.05, 0.1) is 6.54 Å². The van der Waals surface area contributed by atoms with Gasteiger partial charge in [-0.15, -0.1) is 0 Å². The minimum atomic E-state index is -0.759. The molecule has 0 atom stereocenters. The first-order chi connectivity index (χ1) is 10.5. The largest absolute Gasteiger partial charge is 0.480 e. The number of aliphatic carboxylic acids is 1. The van der Waals surface area contributed by atoms with E-state index in [0.29, 0.717) is 18.0 Å². The van der Waals surface area contributed by atoms with Gasteiger partial charge < -0.3 is 10.4 Å². The number of nitrogens with zero attached hydrogens (tertiary/aromatic N) is 3. The van der Waals surface area contributed by atoms with Gasteiger partial charge in [0.1, 0.15) is 0 Å². The van der Waals surface area contributed by atoms with Crippen LogP contribution in [0.5, 0.6) is 0 Å². The number of carboxylic acid groups (broad SMARTS) is 1. The summed E-state index contributed by atoms with van der Waals surface area (Å²) in [6.45, 7) is 7.08. The lowest BCUT2D eigenvalue weighted by molar-refractivity contribution is -0.139. The Morgan fingerprint density at radius 2 is 1.86 bits per heavy atom. The Morgan fingerprint density at radius 1 is 1.27 bits per heavy atom. The minimum absolute atomic E-state index is 0.121. The van der Waals surface area contributed by atoms with Crippen LogP contribution in [0.15, 0.2) is 6.07 Å². The molecule has 22 heavy (non-hydrogen) atoms. The number of hydrogen-bond donors (Lipinski definition) is 2. The summed E-state index contributed by atoms with van der Waals surface area (Å²) in [5.41, 5.74) is 2.12. The highest BCUT2D eigenvalue weighted by molar-refractivity contribution is 5.69. The number of aromatic nitrogens is 2. The van der Waals surface area contributed by atoms with Crippen LogP contribution in [0.1, 0.15) is 45.0 Å². The first-order valence-corrected chi connectivity index (χ1v) is 8.14. The van der Waals surface area contributed by atoms with Crippen LogP contribution in [0.25, 0.3) is 0 Å². The molecule has 0 aromatic carbocycles. The third-order valence-electron chi connectivity index (χ3n) is 4.26. The third-order valence-corrected chi connectivity index (χ3v) is 4.26. The smallest absolute Gasteiger partial charge is 0.317 e. The molecule has 6 heteroatoms. The van der Waals surface area contributed by atoms with Gasteiger partial charge in [0.2, 0.25) is 5.95 Å². The molecule has 1 aromatic heterocycles. The van der Waals surface area contributed by atoms with Crippen LogP contribution in [0.4, 0.5) is 5.95 Å². The molecular formula is C16H26N4O2. The molecule has 1 heterocycles. The number of nitrogens with one attached hydrogen (secondary N) is 1. The van der Waals surface area contributed by atoms with Crippen molar-refractivity contribution in [1.82, 2.24) is 14.9 Å². The van der Waals surface area contributed by atoms with Crippen molar-refractivity contribution in [2.75, 3.05) is 18.4 Å². The summed E-state index contributed by atoms with van der Waals surface area (Å²) < 4.78 is 0. The van der Waals surface area contributed by atoms with Crippen LogP contribution in [0.2, 0.25) is 0 Å². The van der Waals surface area contributed by atoms with Crippen molar-refractivity contribution in [2.45, 2.75) is 58.5 Å². The fourth-order valence-electron chi connectivity index (χ4n) is 2.84. The fraction of sp³-hybridized carbons (Fsp3) is 0.688. The van der Waals surface area contributed by atoms with Gasteiger partial charge in [0.25, 0.3) is 0 Å². The second-order valence-corrected chi connectivity index (χ2v) is 5.80. The van der Waals surface area contributed by atoms with Gasteiger partial charge in [-0.25, -0.2) is 9.97 Å². The van der Waals surface area contributed by atoms with Crippen LogP contribution < -0.4 is 5.32 Å². The minimum Gasteiger partial charge on any atom is -0.480 e. The summed E-state index contributed by atoms with van der Waals surface area (Å²) in [6, 6.07) is 2.74. The summed E-state index contributed by atoms with van der Waals surface area (Å²) in [5.74, 6) is -0.0502. The van der Waals surface area contributed by atoms with Crippen LogP contribution in [-0.4, -0.2) is 51.1 Å². The molecule has 0 saturated heterocycles. The zero-order valence-corrected chi connectivity index (χ0v) is 13.7. The van der Waals surface area contributed by atoms with E-state index in [9.17, 15) is 4.79 Å². The summed E-state index contributed by atoms with van der Waals surface area (Å²) in [7, 11) is 0. The molecule has 0 spiro atoms. The molecule has 1 fully saturated rings. The number of likely N-dealkylation sites (N-methyl/N-ethyl adjacent to an activating group) is 1. The maximum absolute atomic E-state index is 10.8. The second-order valence-electron chi connectivity index (χ2n) is 5.80. The van der Waals surface area contributed by atoms with Crippen molar-refractivity contribution in [3.63, 3.8) is 0 Å². The third kappa shape index (κ3) is 4.16. The van der Waals surface area contributed by atoms with Gasteiger partial charge in [0, 0.05) is 23.5 Å². The van der Waals surface area contributed by atoms with Crippen LogP contribution in [0, 0.1) is 0 Å². The normalized spacial score (nSPS) is 20.7. The van der Waals surface area contributed by atoms with Crippen molar-refractivity contribution in [2.24, 2.45) is 0 Å². The maximum atomic E-state index is 10.8. The van der Waals surface area contributed by atoms with E-state index >= 15 is 0 Å². The Kier molecular flexibility index (Phi) is 5.71. The number of carboxylic acids is 1. The van der Waals surface area contributed by atoms with E-state index in [1.165, 1.54) is 0 Å². The standard InChI is InChI=1S/C16H26N4O2/c1-4-11-7-12(5-2)18-16(17-11)19-13-8-14(9-13)20(6-3)10-15(21)22/h7,13-14H,4-6,8-10H2,1-3H3,(H,21,22)(H,17,18,19). The molecule has 1 aromatic rings. The molecule has 2 rings (SSSR count). The predicted octanol–water partition coefficient (Wildman–Crippen LogP) is 1.95. The van der Waals surface area contributed by atoms with Gasteiger partial charge >= 0.3 is 5.97 Å². The summed E-state index contributed by atoms with van der Waals surface area (Å²) in [6.07, 6.45) is 3.70. The Labute approximate surface area is 132 Å². The number of rotatable bonds is 8. The van der Waals surface area contributed by atoms with Gasteiger partial charge in [0.15, 0.2) is 0 Å². The topological polar surface area (TPSA) is 78.4 Å². The summed E-state index contributed by atoms with van der Waals surface area (Å²) in [5, 5.41) is 12.3. The Hall–Kier alpha value is -1.69. The highest BCUT2D eigenvalue weighted by atomic mass is 16.4. The molecule has 1 saturated carbocycles. The summed E-state index contributed by atoms with van der Waals surface area (Å²) >= 11 is 0. The van der Waals surface area contributed by atoms with Gasteiger partial charge in [-0.3, -0.25) is 9.69 Å². The molecule has 2 N–H and O–H groups in total. The van der Waals surface area contributed by atoms with E-state index in [1.54, 1.807) is 0 Å². The van der Waals surface area contributed by atoms with Crippen LogP contribution in [-0.2, 0) is 17.6 Å².